The fourth-order valence-corrected chi connectivity index (χ4v) is 7.54. The smallest absolute Gasteiger partial charge is 0.159 e. The summed E-state index contributed by atoms with van der Waals surface area (Å²) >= 11 is 0. The Labute approximate surface area is 156 Å². The van der Waals surface area contributed by atoms with Gasteiger partial charge in [0, 0.05) is 11.8 Å². The Balaban J connectivity index is 1.77. The molecule has 0 aromatic rings. The maximum atomic E-state index is 13.0. The zero-order chi connectivity index (χ0) is 19.0. The maximum absolute atomic E-state index is 13.0. The second-order valence-corrected chi connectivity index (χ2v) is 10.1. The quantitative estimate of drug-likeness (QED) is 0.754. The van der Waals surface area contributed by atoms with Gasteiger partial charge in [0.05, 0.1) is 12.2 Å². The van der Waals surface area contributed by atoms with Crippen molar-refractivity contribution in [3.8, 4) is 0 Å². The van der Waals surface area contributed by atoms with Gasteiger partial charge in [-0.05, 0) is 73.7 Å². The first-order valence-electron chi connectivity index (χ1n) is 10.2. The number of hydrogen-bond acceptors (Lipinski definition) is 4. The van der Waals surface area contributed by atoms with Crippen LogP contribution < -0.4 is 0 Å². The average Bonchev–Trinajstić information content (AvgIpc) is 2.82. The van der Waals surface area contributed by atoms with Crippen LogP contribution in [0.4, 0.5) is 0 Å². The summed E-state index contributed by atoms with van der Waals surface area (Å²) in [6.45, 7) is 8.34. The van der Waals surface area contributed by atoms with Gasteiger partial charge in [0.1, 0.15) is 5.78 Å². The minimum absolute atomic E-state index is 0.0517. The van der Waals surface area contributed by atoms with Crippen molar-refractivity contribution in [1.82, 2.24) is 0 Å². The lowest BCUT2D eigenvalue weighted by Gasteiger charge is -2.57. The molecule has 0 amide bonds. The fraction of sp³-hybridized carbons (Fsp3) is 0.818. The maximum Gasteiger partial charge on any atom is 0.159 e. The number of rotatable bonds is 1. The van der Waals surface area contributed by atoms with Crippen molar-refractivity contribution in [2.75, 3.05) is 0 Å². The fourth-order valence-electron chi connectivity index (χ4n) is 7.54. The molecule has 3 fully saturated rings. The van der Waals surface area contributed by atoms with Gasteiger partial charge in [-0.15, -0.1) is 0 Å². The van der Waals surface area contributed by atoms with E-state index in [1.165, 1.54) is 5.57 Å². The molecule has 0 saturated heterocycles. The minimum atomic E-state index is -0.798. The highest BCUT2D eigenvalue weighted by molar-refractivity contribution is 5.94. The topological polar surface area (TPSA) is 74.6 Å². The summed E-state index contributed by atoms with van der Waals surface area (Å²) in [5.74, 6) is 1.24. The normalized spacial score (nSPS) is 53.4. The molecule has 26 heavy (non-hydrogen) atoms. The van der Waals surface area contributed by atoms with Gasteiger partial charge in [0.15, 0.2) is 5.78 Å². The Morgan fingerprint density at radius 3 is 2.46 bits per heavy atom. The van der Waals surface area contributed by atoms with E-state index in [4.69, 9.17) is 0 Å². The van der Waals surface area contributed by atoms with Crippen molar-refractivity contribution in [3.05, 3.63) is 11.6 Å². The van der Waals surface area contributed by atoms with Crippen LogP contribution in [0.2, 0.25) is 0 Å². The third-order valence-corrected chi connectivity index (χ3v) is 8.72. The largest absolute Gasteiger partial charge is 0.390 e. The Hall–Kier alpha value is -1.00. The highest BCUT2D eigenvalue weighted by Crippen LogP contribution is 2.66. The number of fused-ring (bicyclic) bond motifs is 5. The number of allylic oxidation sites excluding steroid dienone is 2. The van der Waals surface area contributed by atoms with Crippen LogP contribution in [0.15, 0.2) is 11.6 Å². The number of carbonyl (C=O) groups is 2. The second-order valence-electron chi connectivity index (χ2n) is 10.1. The van der Waals surface area contributed by atoms with E-state index in [0.717, 1.165) is 19.3 Å². The number of aliphatic hydroxyl groups excluding tert-OH is 2. The van der Waals surface area contributed by atoms with Crippen LogP contribution >= 0.6 is 0 Å². The van der Waals surface area contributed by atoms with Crippen molar-refractivity contribution in [2.45, 2.75) is 72.0 Å². The molecule has 0 bridgehead atoms. The zero-order valence-electron chi connectivity index (χ0n) is 16.4. The SMILES string of the molecule is CC(=O)[C@H]1CC(C)C2C3=CC(=O)[C@@H]4C[C@@H](O)[C@@H](O)C[C@]4(C)C3CC[C@@]21C. The van der Waals surface area contributed by atoms with Crippen LogP contribution in [0.1, 0.15) is 59.8 Å². The minimum Gasteiger partial charge on any atom is -0.390 e. The molecular formula is C22H32O4. The van der Waals surface area contributed by atoms with Crippen molar-refractivity contribution < 1.29 is 19.8 Å². The Kier molecular flexibility index (Phi) is 4.06. The molecule has 4 heteroatoms. The van der Waals surface area contributed by atoms with E-state index in [0.29, 0.717) is 18.8 Å². The molecule has 0 spiro atoms. The molecule has 0 heterocycles. The molecule has 0 aromatic carbocycles. The summed E-state index contributed by atoms with van der Waals surface area (Å²) in [6, 6.07) is 0. The summed E-state index contributed by atoms with van der Waals surface area (Å²) < 4.78 is 0. The lowest BCUT2D eigenvalue weighted by Crippen LogP contribution is -2.56. The molecule has 4 rings (SSSR count). The third kappa shape index (κ3) is 2.27. The van der Waals surface area contributed by atoms with Gasteiger partial charge >= 0.3 is 0 Å². The molecule has 4 aliphatic rings. The predicted octanol–water partition coefficient (Wildman–Crippen LogP) is 2.91. The highest BCUT2D eigenvalue weighted by Gasteiger charge is 2.62. The summed E-state index contributed by atoms with van der Waals surface area (Å²) in [5, 5.41) is 20.5. The monoisotopic (exact) mass is 360 g/mol. The lowest BCUT2D eigenvalue weighted by atomic mass is 9.47. The molecule has 3 unspecified atom stereocenters. The molecular weight excluding hydrogens is 328 g/mol. The zero-order valence-corrected chi connectivity index (χ0v) is 16.4. The summed E-state index contributed by atoms with van der Waals surface area (Å²) in [7, 11) is 0. The van der Waals surface area contributed by atoms with Crippen LogP contribution in [0, 0.1) is 40.4 Å². The lowest BCUT2D eigenvalue weighted by molar-refractivity contribution is -0.143. The van der Waals surface area contributed by atoms with E-state index in [1.54, 1.807) is 6.92 Å². The van der Waals surface area contributed by atoms with E-state index in [2.05, 4.69) is 20.8 Å². The first-order chi connectivity index (χ1) is 12.1. The molecule has 0 radical (unpaired) electrons. The molecule has 2 N–H and O–H groups in total. The van der Waals surface area contributed by atoms with Crippen molar-refractivity contribution in [1.29, 1.82) is 0 Å². The molecule has 144 valence electrons. The molecule has 4 nitrogen and oxygen atoms in total. The predicted molar refractivity (Wildman–Crippen MR) is 98.2 cm³/mol. The van der Waals surface area contributed by atoms with Gasteiger partial charge in [0.25, 0.3) is 0 Å². The van der Waals surface area contributed by atoms with E-state index in [-0.39, 0.29) is 46.1 Å². The van der Waals surface area contributed by atoms with Gasteiger partial charge < -0.3 is 10.2 Å². The molecule has 4 aliphatic carbocycles. The van der Waals surface area contributed by atoms with Crippen molar-refractivity contribution in [2.24, 2.45) is 40.4 Å². The van der Waals surface area contributed by atoms with Gasteiger partial charge in [-0.1, -0.05) is 26.3 Å². The highest BCUT2D eigenvalue weighted by atomic mass is 16.3. The molecule has 3 saturated carbocycles. The van der Waals surface area contributed by atoms with E-state index in [1.807, 2.05) is 6.08 Å². The van der Waals surface area contributed by atoms with Crippen LogP contribution in [0.25, 0.3) is 0 Å². The van der Waals surface area contributed by atoms with Crippen LogP contribution in [0.5, 0.6) is 0 Å². The van der Waals surface area contributed by atoms with Crippen LogP contribution in [-0.2, 0) is 9.59 Å². The number of Topliss-reactive ketones (excluding diaryl/α,β-unsaturated/α-hetero) is 1. The van der Waals surface area contributed by atoms with Gasteiger partial charge in [0.2, 0.25) is 0 Å². The van der Waals surface area contributed by atoms with Crippen LogP contribution in [-0.4, -0.2) is 34.0 Å². The number of carbonyl (C=O) groups excluding carboxylic acids is 2. The summed E-state index contributed by atoms with van der Waals surface area (Å²) in [6.07, 6.45) is 4.07. The number of aliphatic hydroxyl groups is 2. The van der Waals surface area contributed by atoms with E-state index in [9.17, 15) is 19.8 Å². The number of hydrogen-bond donors (Lipinski definition) is 2. The summed E-state index contributed by atoms with van der Waals surface area (Å²) in [4.78, 5) is 25.3. The summed E-state index contributed by atoms with van der Waals surface area (Å²) in [5.41, 5.74) is 0.904. The Morgan fingerprint density at radius 1 is 1.12 bits per heavy atom. The van der Waals surface area contributed by atoms with Gasteiger partial charge in [-0.2, -0.15) is 0 Å². The Morgan fingerprint density at radius 2 is 1.81 bits per heavy atom. The molecule has 9 atom stereocenters. The van der Waals surface area contributed by atoms with Crippen molar-refractivity contribution in [3.63, 3.8) is 0 Å². The standard InChI is InChI=1S/C22H32O4/c1-11-7-15(12(2)23)21(3)6-5-14-13(20(11)21)8-17(24)16-9-18(25)19(26)10-22(14,16)4/h8,11,14-16,18-20,25-26H,5-7,9-10H2,1-4H3/t11?,14?,15-,16+,18-,19+,20?,21-,22-/m1/s1. The van der Waals surface area contributed by atoms with Crippen molar-refractivity contribution >= 4 is 11.6 Å². The van der Waals surface area contributed by atoms with E-state index >= 15 is 0 Å². The van der Waals surface area contributed by atoms with Gasteiger partial charge in [-0.25, -0.2) is 0 Å². The van der Waals surface area contributed by atoms with E-state index < -0.39 is 12.2 Å². The second kappa shape index (κ2) is 5.75. The third-order valence-electron chi connectivity index (χ3n) is 8.72. The van der Waals surface area contributed by atoms with Gasteiger partial charge in [-0.3, -0.25) is 9.59 Å². The Bertz CT molecular complexity index is 682. The molecule has 0 aliphatic heterocycles. The molecule has 0 aromatic heterocycles. The first kappa shape index (κ1) is 18.4. The first-order valence-corrected chi connectivity index (χ1v) is 10.2. The number of ketones is 2. The van der Waals surface area contributed by atoms with Crippen LogP contribution in [0.3, 0.4) is 0 Å². The average molecular weight is 360 g/mol.